The summed E-state index contributed by atoms with van der Waals surface area (Å²) in [5.41, 5.74) is 0. The van der Waals surface area contributed by atoms with Crippen molar-refractivity contribution < 1.29 is 21.0 Å². The second-order valence-electron chi connectivity index (χ2n) is 11.0. The molecule has 0 saturated heterocycles. The molecule has 0 aliphatic carbocycles. The van der Waals surface area contributed by atoms with E-state index < -0.39 is 50.1 Å². The van der Waals surface area contributed by atoms with Gasteiger partial charge in [-0.2, -0.15) is 0 Å². The van der Waals surface area contributed by atoms with Gasteiger partial charge < -0.3 is 16.5 Å². The van der Waals surface area contributed by atoms with Crippen molar-refractivity contribution in [3.05, 3.63) is 13.2 Å². The predicted molar refractivity (Wildman–Crippen MR) is 157 cm³/mol. The Kier molecular flexibility index (Phi) is 19.2. The fraction of sp³-hybridized carbons (Fsp3) is 0.905. The second kappa shape index (κ2) is 16.4. The van der Waals surface area contributed by atoms with Crippen molar-refractivity contribution in [3.63, 3.8) is 0 Å². The van der Waals surface area contributed by atoms with Crippen molar-refractivity contribution in [3.8, 4) is 0 Å². The topological polar surface area (TPSA) is 54.0 Å². The van der Waals surface area contributed by atoms with Gasteiger partial charge in [-0.3, -0.25) is 0 Å². The van der Waals surface area contributed by atoms with Crippen LogP contribution in [0.4, 0.5) is 0 Å². The van der Waals surface area contributed by atoms with Crippen LogP contribution in [-0.4, -0.2) is 55.1 Å². The van der Waals surface area contributed by atoms with Crippen molar-refractivity contribution in [2.75, 3.05) is 12.8 Å². The fourth-order valence-corrected chi connectivity index (χ4v) is 26.7. The molecule has 194 valence electrons. The molecule has 0 spiro atoms. The Hall–Kier alpha value is 0.764. The highest BCUT2D eigenvalue weighted by atomic mass is 31.1. The van der Waals surface area contributed by atoms with E-state index in [2.05, 4.69) is 92.1 Å². The average molecular weight is 560 g/mol. The van der Waals surface area contributed by atoms with E-state index in [1.165, 1.54) is 19.3 Å². The number of hydrogen-bond donors (Lipinski definition) is 0. The zero-order valence-corrected chi connectivity index (χ0v) is 29.8. The van der Waals surface area contributed by atoms with Crippen molar-refractivity contribution in [2.45, 2.75) is 111 Å². The van der Waals surface area contributed by atoms with Crippen molar-refractivity contribution >= 4 is 50.1 Å². The Morgan fingerprint density at radius 1 is 0.656 bits per heavy atom. The molecule has 0 aromatic carbocycles. The lowest BCUT2D eigenvalue weighted by molar-refractivity contribution is 0.294. The molecule has 0 N–H and O–H groups in total. The summed E-state index contributed by atoms with van der Waals surface area (Å²) in [7, 11) is -10.9. The monoisotopic (exact) mass is 559 g/mol. The third kappa shape index (κ3) is 25.4. The summed E-state index contributed by atoms with van der Waals surface area (Å²) in [6.45, 7) is 36.2. The van der Waals surface area contributed by atoms with Gasteiger partial charge in [-0.25, -0.2) is 0 Å². The van der Waals surface area contributed by atoms with Gasteiger partial charge >= 0.3 is 33.5 Å². The first-order chi connectivity index (χ1) is 14.2. The van der Waals surface area contributed by atoms with Gasteiger partial charge in [0.1, 0.15) is 12.8 Å². The zero-order valence-electron chi connectivity index (χ0n) is 23.9. The van der Waals surface area contributed by atoms with Crippen LogP contribution >= 0.6 is 7.80 Å². The highest BCUT2D eigenvalue weighted by molar-refractivity contribution is 7.43. The standard InChI is InChI=1S/C16H44O4Si5.C3H8OP.C2H4/c1-13-14-15-16-25(12,18-22(5,6)7)20-24(10,11)19-23(8,9)17-21(2,3)4;1-3-5(2)4;1-2/h13-16H2,1-12H3;3H2,1-2H3;1-2H2/q;+1;. The van der Waals surface area contributed by atoms with Crippen LogP contribution in [0.1, 0.15) is 33.1 Å². The smallest absolute Gasteiger partial charge is 0.335 e. The number of hydrogen-bond acceptors (Lipinski definition) is 5. The van der Waals surface area contributed by atoms with E-state index in [1.54, 1.807) is 6.66 Å². The molecule has 0 saturated carbocycles. The zero-order chi connectivity index (χ0) is 26.4. The molecule has 32 heavy (non-hydrogen) atoms. The van der Waals surface area contributed by atoms with E-state index in [0.29, 0.717) is 0 Å². The molecule has 0 fully saturated rings. The summed E-state index contributed by atoms with van der Waals surface area (Å²) < 4.78 is 36.2. The van der Waals surface area contributed by atoms with E-state index in [0.717, 1.165) is 12.2 Å². The van der Waals surface area contributed by atoms with Gasteiger partial charge in [-0.05, 0) is 85.0 Å². The number of unbranched alkanes of at least 4 members (excludes halogenated alkanes) is 2. The Morgan fingerprint density at radius 2 is 1.03 bits per heavy atom. The lowest BCUT2D eigenvalue weighted by Crippen LogP contribution is -2.59. The first-order valence-corrected chi connectivity index (χ1v) is 28.7. The lowest BCUT2D eigenvalue weighted by Gasteiger charge is -2.42. The van der Waals surface area contributed by atoms with E-state index in [4.69, 9.17) is 16.5 Å². The van der Waals surface area contributed by atoms with E-state index in [-0.39, 0.29) is 0 Å². The van der Waals surface area contributed by atoms with Gasteiger partial charge in [0, 0.05) is 0 Å². The Labute approximate surface area is 207 Å². The third-order valence-corrected chi connectivity index (χ3v) is 22.1. The summed E-state index contributed by atoms with van der Waals surface area (Å²) in [6, 6.07) is 1.06. The summed E-state index contributed by atoms with van der Waals surface area (Å²) in [5, 5.41) is 0. The summed E-state index contributed by atoms with van der Waals surface area (Å²) in [4.78, 5) is 0. The van der Waals surface area contributed by atoms with E-state index in [9.17, 15) is 4.57 Å². The predicted octanol–water partition coefficient (Wildman–Crippen LogP) is 8.65. The molecular formula is C21H56O5PSi5+. The SMILES string of the molecule is C=C.CCCCC[Si](C)(O[Si](C)(C)C)O[Si](C)(C)O[Si](C)(C)O[Si](C)(C)C.CC[P+](C)=O. The van der Waals surface area contributed by atoms with Gasteiger partial charge in [0.15, 0.2) is 16.6 Å². The van der Waals surface area contributed by atoms with Crippen molar-refractivity contribution in [2.24, 2.45) is 0 Å². The van der Waals surface area contributed by atoms with Crippen molar-refractivity contribution in [1.29, 1.82) is 0 Å². The third-order valence-electron chi connectivity index (χ3n) is 3.71. The molecule has 0 aromatic heterocycles. The Balaban J connectivity index is -0.00000105. The molecule has 5 nitrogen and oxygen atoms in total. The van der Waals surface area contributed by atoms with Crippen LogP contribution in [0.2, 0.25) is 78.1 Å². The van der Waals surface area contributed by atoms with Crippen LogP contribution in [0.15, 0.2) is 13.2 Å². The van der Waals surface area contributed by atoms with Crippen LogP contribution < -0.4 is 0 Å². The minimum atomic E-state index is -2.32. The first kappa shape index (κ1) is 37.3. The van der Waals surface area contributed by atoms with Crippen LogP contribution in [0.5, 0.6) is 0 Å². The molecule has 0 aliphatic rings. The fourth-order valence-electron chi connectivity index (χ4n) is 3.36. The van der Waals surface area contributed by atoms with Crippen LogP contribution in [0.25, 0.3) is 0 Å². The maximum Gasteiger partial charge on any atom is 0.335 e. The summed E-state index contributed by atoms with van der Waals surface area (Å²) in [5.74, 6) is 0. The first-order valence-electron chi connectivity index (χ1n) is 11.8. The normalized spacial score (nSPS) is 15.0. The van der Waals surface area contributed by atoms with E-state index >= 15 is 0 Å². The van der Waals surface area contributed by atoms with Gasteiger partial charge in [0.05, 0.1) is 0 Å². The molecular weight excluding hydrogens is 504 g/mol. The Bertz CT molecular complexity index is 522. The van der Waals surface area contributed by atoms with Gasteiger partial charge in [0.25, 0.3) is 0 Å². The maximum atomic E-state index is 9.96. The van der Waals surface area contributed by atoms with Crippen LogP contribution in [0, 0.1) is 0 Å². The lowest BCUT2D eigenvalue weighted by atomic mass is 10.3. The minimum absolute atomic E-state index is 0.815. The second-order valence-corrected chi connectivity index (χ2v) is 32.9. The van der Waals surface area contributed by atoms with E-state index in [1.807, 2.05) is 6.92 Å². The molecule has 2 unspecified atom stereocenters. The largest absolute Gasteiger partial charge is 0.437 e. The maximum absolute atomic E-state index is 9.96. The molecule has 0 aliphatic heterocycles. The van der Waals surface area contributed by atoms with Gasteiger partial charge in [0.2, 0.25) is 0 Å². The average Bonchev–Trinajstić information content (AvgIpc) is 2.51. The molecule has 11 heteroatoms. The van der Waals surface area contributed by atoms with Crippen LogP contribution in [-0.2, 0) is 21.0 Å². The molecule has 0 radical (unpaired) electrons. The quantitative estimate of drug-likeness (QED) is 0.0978. The van der Waals surface area contributed by atoms with Crippen LogP contribution in [0.3, 0.4) is 0 Å². The molecule has 0 rings (SSSR count). The minimum Gasteiger partial charge on any atom is -0.437 e. The van der Waals surface area contributed by atoms with Gasteiger partial charge in [-0.15, -0.1) is 13.2 Å². The summed E-state index contributed by atoms with van der Waals surface area (Å²) >= 11 is 0. The molecule has 0 amide bonds. The Morgan fingerprint density at radius 3 is 1.34 bits per heavy atom. The highest BCUT2D eigenvalue weighted by Crippen LogP contribution is 2.29. The molecule has 0 aromatic rings. The number of rotatable bonds is 13. The summed E-state index contributed by atoms with van der Waals surface area (Å²) in [6.07, 6.45) is 4.46. The molecule has 0 heterocycles. The van der Waals surface area contributed by atoms with Crippen molar-refractivity contribution in [1.82, 2.24) is 0 Å². The highest BCUT2D eigenvalue weighted by Gasteiger charge is 2.46. The molecule has 2 atom stereocenters. The van der Waals surface area contributed by atoms with Gasteiger partial charge in [-0.1, -0.05) is 30.8 Å². The molecule has 0 bridgehead atoms.